The summed E-state index contributed by atoms with van der Waals surface area (Å²) < 4.78 is 0. The van der Waals surface area contributed by atoms with Crippen LogP contribution in [0.1, 0.15) is 22.8 Å². The Morgan fingerprint density at radius 1 is 1.26 bits per heavy atom. The van der Waals surface area contributed by atoms with Gasteiger partial charge in [-0.15, -0.1) is 0 Å². The van der Waals surface area contributed by atoms with Crippen LogP contribution >= 0.6 is 0 Å². The number of aliphatic hydroxyl groups is 1. The number of pyridine rings is 1. The van der Waals surface area contributed by atoms with Crippen molar-refractivity contribution in [3.05, 3.63) is 59.9 Å². The summed E-state index contributed by atoms with van der Waals surface area (Å²) in [5.74, 6) is -0.0660. The zero-order valence-corrected chi connectivity index (χ0v) is 12.9. The van der Waals surface area contributed by atoms with Gasteiger partial charge in [0.15, 0.2) is 5.78 Å². The highest BCUT2D eigenvalue weighted by atomic mass is 16.3. The van der Waals surface area contributed by atoms with E-state index in [1.54, 1.807) is 42.7 Å². The monoisotopic (exact) mass is 313 g/mol. The second-order valence-corrected chi connectivity index (χ2v) is 5.07. The van der Waals surface area contributed by atoms with Gasteiger partial charge in [-0.05, 0) is 30.7 Å². The first-order chi connectivity index (χ1) is 11.1. The van der Waals surface area contributed by atoms with E-state index in [1.807, 2.05) is 6.07 Å². The van der Waals surface area contributed by atoms with Gasteiger partial charge in [0.05, 0.1) is 6.61 Å². The second-order valence-electron chi connectivity index (χ2n) is 5.07. The zero-order chi connectivity index (χ0) is 16.7. The number of Topliss-reactive ketones (excluding diaryl/α,β-unsaturated/α-hetero) is 1. The van der Waals surface area contributed by atoms with Gasteiger partial charge in [0.1, 0.15) is 0 Å². The van der Waals surface area contributed by atoms with Crippen molar-refractivity contribution in [1.29, 1.82) is 0 Å². The Hall–Kier alpha value is -2.73. The Kier molecular flexibility index (Phi) is 5.82. The fourth-order valence-electron chi connectivity index (χ4n) is 2.10. The predicted octanol–water partition coefficient (Wildman–Crippen LogP) is 2.31. The molecule has 0 unspecified atom stereocenters. The maximum atomic E-state index is 12.4. The molecular weight excluding hydrogens is 294 g/mol. The van der Waals surface area contributed by atoms with Crippen LogP contribution in [0.15, 0.2) is 48.8 Å². The number of hydrogen-bond donors (Lipinski definition) is 2. The third-order valence-electron chi connectivity index (χ3n) is 3.27. The number of benzene rings is 1. The number of carbonyl (C=O) groups excluding carboxylic acids is 2. The Bertz CT molecular complexity index is 674. The third-order valence-corrected chi connectivity index (χ3v) is 3.27. The summed E-state index contributed by atoms with van der Waals surface area (Å²) in [6, 6.07) is 10.1. The lowest BCUT2D eigenvalue weighted by molar-refractivity contribution is 0.101. The quantitative estimate of drug-likeness (QED) is 0.802. The number of hydrogen-bond acceptors (Lipinski definition) is 4. The lowest BCUT2D eigenvalue weighted by Crippen LogP contribution is -2.36. The molecule has 0 atom stereocenters. The van der Waals surface area contributed by atoms with Crippen molar-refractivity contribution in [3.63, 3.8) is 0 Å². The molecule has 0 saturated heterocycles. The van der Waals surface area contributed by atoms with Gasteiger partial charge in [0.2, 0.25) is 0 Å². The summed E-state index contributed by atoms with van der Waals surface area (Å²) in [4.78, 5) is 29.3. The van der Waals surface area contributed by atoms with E-state index in [9.17, 15) is 9.59 Å². The van der Waals surface area contributed by atoms with Gasteiger partial charge in [0.25, 0.3) is 0 Å². The smallest absolute Gasteiger partial charge is 0.322 e. The van der Waals surface area contributed by atoms with Crippen molar-refractivity contribution in [2.24, 2.45) is 0 Å². The Balaban J connectivity index is 2.09. The third kappa shape index (κ3) is 4.89. The van der Waals surface area contributed by atoms with Crippen molar-refractivity contribution in [2.45, 2.75) is 13.5 Å². The maximum absolute atomic E-state index is 12.4. The second kappa shape index (κ2) is 8.05. The van der Waals surface area contributed by atoms with Crippen LogP contribution in [0.4, 0.5) is 10.5 Å². The molecular formula is C17H19N3O3. The molecule has 6 heteroatoms. The first-order valence-corrected chi connectivity index (χ1v) is 7.27. The molecule has 0 spiro atoms. The molecule has 0 bridgehead atoms. The van der Waals surface area contributed by atoms with E-state index >= 15 is 0 Å². The summed E-state index contributed by atoms with van der Waals surface area (Å²) in [6.45, 7) is 1.88. The Morgan fingerprint density at radius 2 is 2.09 bits per heavy atom. The molecule has 0 aliphatic carbocycles. The number of nitrogens with one attached hydrogen (secondary N) is 1. The lowest BCUT2D eigenvalue weighted by Gasteiger charge is -2.22. The average Bonchev–Trinajstić information content (AvgIpc) is 2.55. The molecule has 2 amide bonds. The number of aliphatic hydroxyl groups excluding tert-OH is 1. The number of aromatic nitrogens is 1. The van der Waals surface area contributed by atoms with Crippen LogP contribution in [-0.2, 0) is 6.54 Å². The predicted molar refractivity (Wildman–Crippen MR) is 87.2 cm³/mol. The molecule has 0 aliphatic heterocycles. The van der Waals surface area contributed by atoms with Gasteiger partial charge in [-0.3, -0.25) is 9.78 Å². The van der Waals surface area contributed by atoms with Crippen LogP contribution in [0.3, 0.4) is 0 Å². The summed E-state index contributed by atoms with van der Waals surface area (Å²) in [5.41, 5.74) is 1.94. The maximum Gasteiger partial charge on any atom is 0.322 e. The summed E-state index contributed by atoms with van der Waals surface area (Å²) in [5, 5.41) is 11.9. The van der Waals surface area contributed by atoms with Gasteiger partial charge in [-0.2, -0.15) is 0 Å². The number of urea groups is 1. The summed E-state index contributed by atoms with van der Waals surface area (Å²) in [6.07, 6.45) is 3.33. The zero-order valence-electron chi connectivity index (χ0n) is 12.9. The van der Waals surface area contributed by atoms with E-state index in [1.165, 1.54) is 11.8 Å². The van der Waals surface area contributed by atoms with Crippen molar-refractivity contribution in [2.75, 3.05) is 18.5 Å². The van der Waals surface area contributed by atoms with Crippen molar-refractivity contribution in [1.82, 2.24) is 9.88 Å². The standard InChI is InChI=1S/C17H19N3O3/c1-13(22)15-5-2-6-16(10-15)19-17(23)20(8-9-21)12-14-4-3-7-18-11-14/h2-7,10-11,21H,8-9,12H2,1H3,(H,19,23). The average molecular weight is 313 g/mol. The SMILES string of the molecule is CC(=O)c1cccc(NC(=O)N(CCO)Cc2cccnc2)c1. The lowest BCUT2D eigenvalue weighted by atomic mass is 10.1. The van der Waals surface area contributed by atoms with Crippen LogP contribution in [0.5, 0.6) is 0 Å². The molecule has 2 rings (SSSR count). The molecule has 2 N–H and O–H groups in total. The Labute approximate surface area is 134 Å². The summed E-state index contributed by atoms with van der Waals surface area (Å²) >= 11 is 0. The van der Waals surface area contributed by atoms with Gasteiger partial charge in [-0.25, -0.2) is 4.79 Å². The molecule has 0 fully saturated rings. The number of nitrogens with zero attached hydrogens (tertiary/aromatic N) is 2. The number of amides is 2. The topological polar surface area (TPSA) is 82.5 Å². The fraction of sp³-hybridized carbons (Fsp3) is 0.235. The fourth-order valence-corrected chi connectivity index (χ4v) is 2.10. The molecule has 0 aliphatic rings. The highest BCUT2D eigenvalue weighted by Gasteiger charge is 2.14. The molecule has 0 saturated carbocycles. The first kappa shape index (κ1) is 16.6. The number of ketones is 1. The summed E-state index contributed by atoms with van der Waals surface area (Å²) in [7, 11) is 0. The minimum absolute atomic E-state index is 0.0660. The minimum Gasteiger partial charge on any atom is -0.395 e. The van der Waals surface area contributed by atoms with Crippen LogP contribution in [0.25, 0.3) is 0 Å². The van der Waals surface area contributed by atoms with Crippen LogP contribution < -0.4 is 5.32 Å². The molecule has 0 radical (unpaired) electrons. The normalized spacial score (nSPS) is 10.2. The first-order valence-electron chi connectivity index (χ1n) is 7.27. The highest BCUT2D eigenvalue weighted by molar-refractivity contribution is 5.96. The van der Waals surface area contributed by atoms with E-state index in [0.29, 0.717) is 17.8 Å². The van der Waals surface area contributed by atoms with E-state index in [2.05, 4.69) is 10.3 Å². The molecule has 1 aromatic heterocycles. The molecule has 1 heterocycles. The molecule has 2 aromatic rings. The largest absolute Gasteiger partial charge is 0.395 e. The van der Waals surface area contributed by atoms with Crippen molar-refractivity contribution >= 4 is 17.5 Å². The number of anilines is 1. The van der Waals surface area contributed by atoms with E-state index in [4.69, 9.17) is 5.11 Å². The highest BCUT2D eigenvalue weighted by Crippen LogP contribution is 2.13. The molecule has 23 heavy (non-hydrogen) atoms. The number of carbonyl (C=O) groups is 2. The molecule has 6 nitrogen and oxygen atoms in total. The van der Waals surface area contributed by atoms with Crippen molar-refractivity contribution in [3.8, 4) is 0 Å². The van der Waals surface area contributed by atoms with E-state index < -0.39 is 0 Å². The van der Waals surface area contributed by atoms with Gasteiger partial charge in [0, 0.05) is 36.7 Å². The number of rotatable bonds is 6. The van der Waals surface area contributed by atoms with Gasteiger partial charge >= 0.3 is 6.03 Å². The van der Waals surface area contributed by atoms with E-state index in [-0.39, 0.29) is 25.0 Å². The van der Waals surface area contributed by atoms with Crippen molar-refractivity contribution < 1.29 is 14.7 Å². The van der Waals surface area contributed by atoms with Crippen LogP contribution in [0, 0.1) is 0 Å². The molecule has 120 valence electrons. The molecule has 1 aromatic carbocycles. The minimum atomic E-state index is -0.344. The van der Waals surface area contributed by atoms with Gasteiger partial charge in [-0.1, -0.05) is 18.2 Å². The van der Waals surface area contributed by atoms with Crippen LogP contribution in [0.2, 0.25) is 0 Å². The van der Waals surface area contributed by atoms with E-state index in [0.717, 1.165) is 5.56 Å². The van der Waals surface area contributed by atoms with Gasteiger partial charge < -0.3 is 15.3 Å². The van der Waals surface area contributed by atoms with Crippen LogP contribution in [-0.4, -0.2) is 40.0 Å². The Morgan fingerprint density at radius 3 is 2.74 bits per heavy atom.